The summed E-state index contributed by atoms with van der Waals surface area (Å²) in [4.78, 5) is 24.6. The van der Waals surface area contributed by atoms with Gasteiger partial charge in [-0.3, -0.25) is 9.59 Å². The largest absolute Gasteiger partial charge is 0.506 e. The molecule has 9 heteroatoms. The first-order valence-corrected chi connectivity index (χ1v) is 10.9. The molecule has 0 bridgehead atoms. The molecule has 30 heavy (non-hydrogen) atoms. The molecule has 3 N–H and O–H groups in total. The van der Waals surface area contributed by atoms with Crippen molar-refractivity contribution in [3.63, 3.8) is 0 Å². The number of aromatic hydroxyl groups is 1. The highest BCUT2D eigenvalue weighted by atomic mass is 79.9. The number of benzene rings is 3. The van der Waals surface area contributed by atoms with Gasteiger partial charge in [-0.15, -0.1) is 0 Å². The van der Waals surface area contributed by atoms with Crippen LogP contribution in [0.15, 0.2) is 79.2 Å². The van der Waals surface area contributed by atoms with Gasteiger partial charge in [-0.25, -0.2) is 5.43 Å². The van der Waals surface area contributed by atoms with E-state index in [1.165, 1.54) is 6.21 Å². The van der Waals surface area contributed by atoms with Crippen LogP contribution in [-0.4, -0.2) is 23.1 Å². The van der Waals surface area contributed by atoms with E-state index < -0.39 is 5.91 Å². The molecule has 0 atom stereocenters. The lowest BCUT2D eigenvalue weighted by Gasteiger charge is -2.07. The van der Waals surface area contributed by atoms with Crippen molar-refractivity contribution in [3.05, 3.63) is 90.8 Å². The molecule has 0 aliphatic carbocycles. The van der Waals surface area contributed by atoms with Crippen molar-refractivity contribution in [2.45, 2.75) is 0 Å². The molecular weight excluding hydrogens is 582 g/mol. The molecule has 2 amide bonds. The topological polar surface area (TPSA) is 90.8 Å². The van der Waals surface area contributed by atoms with Crippen LogP contribution in [0.4, 0.5) is 5.69 Å². The maximum atomic E-state index is 12.3. The Balaban J connectivity index is 1.61. The van der Waals surface area contributed by atoms with Crippen molar-refractivity contribution in [2.75, 3.05) is 5.32 Å². The number of phenols is 1. The molecule has 3 aromatic carbocycles. The van der Waals surface area contributed by atoms with E-state index in [4.69, 9.17) is 0 Å². The van der Waals surface area contributed by atoms with Crippen molar-refractivity contribution < 1.29 is 14.7 Å². The predicted octanol–water partition coefficient (Wildman–Crippen LogP) is 5.70. The summed E-state index contributed by atoms with van der Waals surface area (Å²) in [5.74, 6) is -0.565. The van der Waals surface area contributed by atoms with Gasteiger partial charge in [-0.05, 0) is 102 Å². The first-order chi connectivity index (χ1) is 14.3. The first-order valence-electron chi connectivity index (χ1n) is 8.52. The minimum atomic E-state index is -0.396. The van der Waals surface area contributed by atoms with Gasteiger partial charge in [-0.2, -0.15) is 5.10 Å². The summed E-state index contributed by atoms with van der Waals surface area (Å²) < 4.78 is 1.71. The Morgan fingerprint density at radius 3 is 2.13 bits per heavy atom. The Kier molecular flexibility index (Phi) is 7.41. The van der Waals surface area contributed by atoms with Gasteiger partial charge >= 0.3 is 0 Å². The smallest absolute Gasteiger partial charge is 0.271 e. The van der Waals surface area contributed by atoms with Crippen molar-refractivity contribution >= 4 is 71.5 Å². The standard InChI is InChI=1S/C21H14Br3N3O3/c22-16-4-2-1-3-15(16)21(30)26-14-7-5-13(6-8-14)20(29)27-25-11-12-9-17(23)19(28)18(24)10-12/h1-11,28H,(H,26,30)(H,27,29). The Morgan fingerprint density at radius 1 is 0.867 bits per heavy atom. The molecule has 3 rings (SSSR count). The lowest BCUT2D eigenvalue weighted by atomic mass is 10.1. The highest BCUT2D eigenvalue weighted by molar-refractivity contribution is 9.11. The second-order valence-electron chi connectivity index (χ2n) is 6.04. The van der Waals surface area contributed by atoms with Crippen LogP contribution in [0.5, 0.6) is 5.75 Å². The van der Waals surface area contributed by atoms with Crippen LogP contribution in [0.2, 0.25) is 0 Å². The van der Waals surface area contributed by atoms with E-state index in [0.717, 1.165) is 0 Å². The summed E-state index contributed by atoms with van der Waals surface area (Å²) in [6.45, 7) is 0. The average molecular weight is 596 g/mol. The third-order valence-corrected chi connectivity index (χ3v) is 5.84. The fourth-order valence-corrected chi connectivity index (χ4v) is 4.13. The molecule has 0 spiro atoms. The summed E-state index contributed by atoms with van der Waals surface area (Å²) >= 11 is 9.82. The van der Waals surface area contributed by atoms with Crippen molar-refractivity contribution in [1.29, 1.82) is 0 Å². The van der Waals surface area contributed by atoms with Crippen LogP contribution in [-0.2, 0) is 0 Å². The summed E-state index contributed by atoms with van der Waals surface area (Å²) in [5, 5.41) is 16.4. The lowest BCUT2D eigenvalue weighted by Crippen LogP contribution is -2.18. The highest BCUT2D eigenvalue weighted by Crippen LogP contribution is 2.32. The van der Waals surface area contributed by atoms with Crippen LogP contribution in [0.1, 0.15) is 26.3 Å². The molecule has 0 saturated heterocycles. The zero-order valence-electron chi connectivity index (χ0n) is 15.2. The van der Waals surface area contributed by atoms with Gasteiger partial charge < -0.3 is 10.4 Å². The number of rotatable bonds is 5. The van der Waals surface area contributed by atoms with Crippen molar-refractivity contribution in [1.82, 2.24) is 5.43 Å². The summed E-state index contributed by atoms with van der Waals surface area (Å²) in [7, 11) is 0. The van der Waals surface area contributed by atoms with E-state index in [1.807, 2.05) is 6.07 Å². The second-order valence-corrected chi connectivity index (χ2v) is 8.61. The number of carbonyl (C=O) groups excluding carboxylic acids is 2. The van der Waals surface area contributed by atoms with Crippen LogP contribution in [0.25, 0.3) is 0 Å². The van der Waals surface area contributed by atoms with Gasteiger partial charge in [0, 0.05) is 15.7 Å². The number of hydrazone groups is 1. The zero-order valence-corrected chi connectivity index (χ0v) is 20.0. The van der Waals surface area contributed by atoms with E-state index >= 15 is 0 Å². The van der Waals surface area contributed by atoms with E-state index in [0.29, 0.717) is 35.8 Å². The number of carbonyl (C=O) groups is 2. The zero-order chi connectivity index (χ0) is 21.7. The molecule has 0 aliphatic heterocycles. The van der Waals surface area contributed by atoms with E-state index in [9.17, 15) is 14.7 Å². The van der Waals surface area contributed by atoms with Crippen molar-refractivity contribution in [2.24, 2.45) is 5.10 Å². The van der Waals surface area contributed by atoms with Gasteiger partial charge in [0.1, 0.15) is 5.75 Å². The Labute approximate surface area is 197 Å². The summed E-state index contributed by atoms with van der Waals surface area (Å²) in [6.07, 6.45) is 1.46. The predicted molar refractivity (Wildman–Crippen MR) is 127 cm³/mol. The Morgan fingerprint density at radius 2 is 1.50 bits per heavy atom. The SMILES string of the molecule is O=C(NN=Cc1cc(Br)c(O)c(Br)c1)c1ccc(NC(=O)c2ccccc2Br)cc1. The maximum absolute atomic E-state index is 12.3. The number of hydrogen-bond donors (Lipinski definition) is 3. The maximum Gasteiger partial charge on any atom is 0.271 e. The van der Waals surface area contributed by atoms with Gasteiger partial charge in [0.15, 0.2) is 0 Å². The Hall–Kier alpha value is -2.49. The molecule has 0 aromatic heterocycles. The van der Waals surface area contributed by atoms with E-state index in [-0.39, 0.29) is 11.7 Å². The molecule has 0 saturated carbocycles. The fraction of sp³-hybridized carbons (Fsp3) is 0. The number of halogens is 3. The number of nitrogens with one attached hydrogen (secondary N) is 2. The minimum Gasteiger partial charge on any atom is -0.506 e. The third kappa shape index (κ3) is 5.56. The molecule has 0 radical (unpaired) electrons. The number of phenolic OH excluding ortho intramolecular Hbond substituents is 1. The quantitative estimate of drug-likeness (QED) is 0.261. The molecular formula is C21H14Br3N3O3. The normalized spacial score (nSPS) is 10.8. The molecule has 6 nitrogen and oxygen atoms in total. The third-order valence-electron chi connectivity index (χ3n) is 3.94. The highest BCUT2D eigenvalue weighted by Gasteiger charge is 2.10. The Bertz CT molecular complexity index is 1110. The second kappa shape index (κ2) is 10.0. The van der Waals surface area contributed by atoms with Gasteiger partial charge in [-0.1, -0.05) is 12.1 Å². The molecule has 152 valence electrons. The van der Waals surface area contributed by atoms with Crippen LogP contribution in [0, 0.1) is 0 Å². The number of amides is 2. The van der Waals surface area contributed by atoms with Crippen LogP contribution in [0.3, 0.4) is 0 Å². The summed E-state index contributed by atoms with van der Waals surface area (Å²) in [5.41, 5.74) is 4.58. The lowest BCUT2D eigenvalue weighted by molar-refractivity contribution is 0.0954. The average Bonchev–Trinajstić information content (AvgIpc) is 2.72. The van der Waals surface area contributed by atoms with Gasteiger partial charge in [0.05, 0.1) is 20.7 Å². The van der Waals surface area contributed by atoms with Crippen molar-refractivity contribution in [3.8, 4) is 5.75 Å². The van der Waals surface area contributed by atoms with E-state index in [1.54, 1.807) is 54.6 Å². The molecule has 0 fully saturated rings. The van der Waals surface area contributed by atoms with Crippen LogP contribution < -0.4 is 10.7 Å². The molecule has 3 aromatic rings. The van der Waals surface area contributed by atoms with Gasteiger partial charge in [0.2, 0.25) is 0 Å². The summed E-state index contributed by atoms with van der Waals surface area (Å²) in [6, 6.07) is 16.9. The number of hydrogen-bond acceptors (Lipinski definition) is 4. The van der Waals surface area contributed by atoms with Gasteiger partial charge in [0.25, 0.3) is 11.8 Å². The first kappa shape index (κ1) is 22.2. The number of nitrogens with zero attached hydrogens (tertiary/aromatic N) is 1. The molecule has 0 heterocycles. The fourth-order valence-electron chi connectivity index (χ4n) is 2.44. The number of anilines is 1. The van der Waals surface area contributed by atoms with Crippen LogP contribution >= 0.6 is 47.8 Å². The van der Waals surface area contributed by atoms with E-state index in [2.05, 4.69) is 63.6 Å². The minimum absolute atomic E-state index is 0.0861. The monoisotopic (exact) mass is 593 g/mol. The molecule has 0 unspecified atom stereocenters. The molecule has 0 aliphatic rings.